The minimum absolute atomic E-state index is 0.227. The highest BCUT2D eigenvalue weighted by atomic mass is 19.1. The lowest BCUT2D eigenvalue weighted by molar-refractivity contribution is 0.629. The highest BCUT2D eigenvalue weighted by molar-refractivity contribution is 5.93. The maximum Gasteiger partial charge on any atom is 0.124 e. The molecule has 0 aliphatic heterocycles. The van der Waals surface area contributed by atoms with E-state index in [1.165, 1.54) is 12.1 Å². The minimum atomic E-state index is -0.227. The topological polar surface area (TPSA) is 24.9 Å². The van der Waals surface area contributed by atoms with Crippen molar-refractivity contribution < 1.29 is 4.39 Å². The number of nitrogens with zero attached hydrogens (tertiary/aromatic N) is 1. The van der Waals surface area contributed by atoms with E-state index < -0.39 is 0 Å². The van der Waals surface area contributed by atoms with Crippen molar-refractivity contribution in [3.8, 4) is 0 Å². The fourth-order valence-corrected chi connectivity index (χ4v) is 2.05. The largest absolute Gasteiger partial charge is 0.387 e. The van der Waals surface area contributed by atoms with Gasteiger partial charge in [0.25, 0.3) is 0 Å². The zero-order chi connectivity index (χ0) is 11.7. The number of fused-ring (bicyclic) bond motifs is 1. The predicted octanol–water partition coefficient (Wildman–Crippen LogP) is 3.29. The lowest BCUT2D eigenvalue weighted by atomic mass is 10.1. The van der Waals surface area contributed by atoms with E-state index in [-0.39, 0.29) is 5.82 Å². The minimum Gasteiger partial charge on any atom is -0.387 e. The van der Waals surface area contributed by atoms with Gasteiger partial charge in [0.1, 0.15) is 5.82 Å². The quantitative estimate of drug-likeness (QED) is 0.836. The van der Waals surface area contributed by atoms with E-state index in [2.05, 4.69) is 17.2 Å². The summed E-state index contributed by atoms with van der Waals surface area (Å²) in [6.45, 7) is 4.09. The first kappa shape index (κ1) is 10.9. The Balaban J connectivity index is 2.84. The van der Waals surface area contributed by atoms with Crippen molar-refractivity contribution in [1.82, 2.24) is 4.98 Å². The Bertz CT molecular complexity index is 535. The lowest BCUT2D eigenvalue weighted by Gasteiger charge is -2.13. The number of nitrogens with one attached hydrogen (secondary N) is 1. The summed E-state index contributed by atoms with van der Waals surface area (Å²) in [5, 5.41) is 3.98. The third kappa shape index (κ3) is 1.62. The number of aromatic nitrogens is 1. The number of hydrogen-bond donors (Lipinski definition) is 1. The zero-order valence-corrected chi connectivity index (χ0v) is 9.76. The van der Waals surface area contributed by atoms with Crippen LogP contribution in [0.15, 0.2) is 18.2 Å². The van der Waals surface area contributed by atoms with Gasteiger partial charge in [0.05, 0.1) is 5.52 Å². The van der Waals surface area contributed by atoms with Crippen LogP contribution in [0.1, 0.15) is 18.2 Å². The van der Waals surface area contributed by atoms with Gasteiger partial charge in [-0.1, -0.05) is 6.92 Å². The third-order valence-electron chi connectivity index (χ3n) is 2.88. The average Bonchev–Trinajstić information content (AvgIpc) is 2.28. The first-order chi connectivity index (χ1) is 7.67. The van der Waals surface area contributed by atoms with Crippen LogP contribution in [0.3, 0.4) is 0 Å². The molecule has 0 saturated heterocycles. The molecule has 1 aromatic carbocycles. The summed E-state index contributed by atoms with van der Waals surface area (Å²) in [6.07, 6.45) is 0.883. The van der Waals surface area contributed by atoms with E-state index >= 15 is 0 Å². The molecule has 84 valence electrons. The van der Waals surface area contributed by atoms with Crippen LogP contribution in [0, 0.1) is 12.7 Å². The molecular weight excluding hydrogens is 203 g/mol. The molecule has 0 fully saturated rings. The van der Waals surface area contributed by atoms with Crippen molar-refractivity contribution in [3.63, 3.8) is 0 Å². The summed E-state index contributed by atoms with van der Waals surface area (Å²) in [5.41, 5.74) is 3.97. The van der Waals surface area contributed by atoms with Gasteiger partial charge in [0.2, 0.25) is 0 Å². The van der Waals surface area contributed by atoms with Crippen LogP contribution in [0.5, 0.6) is 0 Å². The highest BCUT2D eigenvalue weighted by Gasteiger charge is 2.09. The normalized spacial score (nSPS) is 10.8. The fraction of sp³-hybridized carbons (Fsp3) is 0.308. The van der Waals surface area contributed by atoms with Gasteiger partial charge in [-0.15, -0.1) is 0 Å². The summed E-state index contributed by atoms with van der Waals surface area (Å²) < 4.78 is 13.2. The Morgan fingerprint density at radius 1 is 1.38 bits per heavy atom. The number of benzene rings is 1. The van der Waals surface area contributed by atoms with Gasteiger partial charge in [-0.05, 0) is 37.1 Å². The van der Waals surface area contributed by atoms with Gasteiger partial charge in [0.15, 0.2) is 0 Å². The summed E-state index contributed by atoms with van der Waals surface area (Å²) in [5.74, 6) is -0.227. The van der Waals surface area contributed by atoms with Crippen molar-refractivity contribution in [2.24, 2.45) is 0 Å². The molecule has 3 heteroatoms. The van der Waals surface area contributed by atoms with Crippen molar-refractivity contribution in [3.05, 3.63) is 35.3 Å². The summed E-state index contributed by atoms with van der Waals surface area (Å²) in [4.78, 5) is 4.54. The zero-order valence-electron chi connectivity index (χ0n) is 9.76. The van der Waals surface area contributed by atoms with E-state index in [9.17, 15) is 4.39 Å². The first-order valence-electron chi connectivity index (χ1n) is 5.43. The standard InChI is InChI=1S/C13H15FN2/c1-4-11-8(2)13(15-3)10-7-9(14)5-6-12(10)16-11/h5-7H,4H2,1-3H3,(H,15,16). The molecule has 0 atom stereocenters. The SMILES string of the molecule is CCc1nc2ccc(F)cc2c(NC)c1C. The predicted molar refractivity (Wildman–Crippen MR) is 65.4 cm³/mol. The molecule has 1 N–H and O–H groups in total. The second-order valence-corrected chi connectivity index (χ2v) is 3.82. The maximum absolute atomic E-state index is 13.2. The molecule has 0 radical (unpaired) electrons. The molecule has 16 heavy (non-hydrogen) atoms. The number of rotatable bonds is 2. The van der Waals surface area contributed by atoms with Crippen LogP contribution < -0.4 is 5.32 Å². The molecule has 0 spiro atoms. The average molecular weight is 218 g/mol. The first-order valence-corrected chi connectivity index (χ1v) is 5.43. The van der Waals surface area contributed by atoms with Crippen molar-refractivity contribution >= 4 is 16.6 Å². The molecule has 2 aromatic rings. The summed E-state index contributed by atoms with van der Waals surface area (Å²) in [6, 6.07) is 4.70. The Kier molecular flexibility index (Phi) is 2.77. The van der Waals surface area contributed by atoms with E-state index in [0.29, 0.717) is 0 Å². The van der Waals surface area contributed by atoms with Crippen LogP contribution in [0.25, 0.3) is 10.9 Å². The molecule has 0 saturated carbocycles. The van der Waals surface area contributed by atoms with Gasteiger partial charge in [0, 0.05) is 23.8 Å². The van der Waals surface area contributed by atoms with E-state index in [1.54, 1.807) is 6.07 Å². The Labute approximate surface area is 94.5 Å². The number of anilines is 1. The number of aryl methyl sites for hydroxylation is 1. The second kappa shape index (κ2) is 4.08. The Morgan fingerprint density at radius 2 is 2.12 bits per heavy atom. The molecular formula is C13H15FN2. The van der Waals surface area contributed by atoms with Gasteiger partial charge in [-0.3, -0.25) is 4.98 Å². The van der Waals surface area contributed by atoms with Gasteiger partial charge in [-0.2, -0.15) is 0 Å². The van der Waals surface area contributed by atoms with Crippen molar-refractivity contribution in [2.45, 2.75) is 20.3 Å². The van der Waals surface area contributed by atoms with Crippen LogP contribution in [-0.4, -0.2) is 12.0 Å². The lowest BCUT2D eigenvalue weighted by Crippen LogP contribution is -2.01. The molecule has 1 heterocycles. The molecule has 1 aromatic heterocycles. The smallest absolute Gasteiger partial charge is 0.124 e. The number of hydrogen-bond acceptors (Lipinski definition) is 2. The van der Waals surface area contributed by atoms with E-state index in [1.807, 2.05) is 14.0 Å². The highest BCUT2D eigenvalue weighted by Crippen LogP contribution is 2.28. The summed E-state index contributed by atoms with van der Waals surface area (Å²) in [7, 11) is 1.85. The second-order valence-electron chi connectivity index (χ2n) is 3.82. The fourth-order valence-electron chi connectivity index (χ4n) is 2.05. The molecule has 0 aliphatic carbocycles. The molecule has 0 bridgehead atoms. The van der Waals surface area contributed by atoms with Gasteiger partial charge in [-0.25, -0.2) is 4.39 Å². The van der Waals surface area contributed by atoms with E-state index in [0.717, 1.165) is 34.3 Å². The van der Waals surface area contributed by atoms with Crippen LogP contribution in [0.2, 0.25) is 0 Å². The van der Waals surface area contributed by atoms with Crippen LogP contribution in [-0.2, 0) is 6.42 Å². The Hall–Kier alpha value is -1.64. The van der Waals surface area contributed by atoms with Crippen LogP contribution in [0.4, 0.5) is 10.1 Å². The number of halogens is 1. The van der Waals surface area contributed by atoms with Crippen molar-refractivity contribution in [1.29, 1.82) is 0 Å². The van der Waals surface area contributed by atoms with Crippen LogP contribution >= 0.6 is 0 Å². The molecule has 2 nitrogen and oxygen atoms in total. The maximum atomic E-state index is 13.2. The van der Waals surface area contributed by atoms with Gasteiger partial charge < -0.3 is 5.32 Å². The van der Waals surface area contributed by atoms with E-state index in [4.69, 9.17) is 0 Å². The van der Waals surface area contributed by atoms with Crippen molar-refractivity contribution in [2.75, 3.05) is 12.4 Å². The number of pyridine rings is 1. The Morgan fingerprint density at radius 3 is 2.75 bits per heavy atom. The molecule has 0 unspecified atom stereocenters. The summed E-state index contributed by atoms with van der Waals surface area (Å²) >= 11 is 0. The van der Waals surface area contributed by atoms with Gasteiger partial charge >= 0.3 is 0 Å². The molecule has 2 rings (SSSR count). The third-order valence-corrected chi connectivity index (χ3v) is 2.88. The molecule has 0 aliphatic rings. The monoisotopic (exact) mass is 218 g/mol. The molecule has 0 amide bonds.